The van der Waals surface area contributed by atoms with Crippen molar-refractivity contribution >= 4 is 11.8 Å². The molecule has 0 unspecified atom stereocenters. The number of esters is 1. The first-order chi connectivity index (χ1) is 15.1. The fourth-order valence-corrected chi connectivity index (χ4v) is 4.00. The van der Waals surface area contributed by atoms with Crippen LogP contribution >= 0.6 is 0 Å². The van der Waals surface area contributed by atoms with Gasteiger partial charge in [0, 0.05) is 38.9 Å². The van der Waals surface area contributed by atoms with Crippen LogP contribution in [0.2, 0.25) is 0 Å². The maximum absolute atomic E-state index is 12.5. The number of piperazine rings is 1. The van der Waals surface area contributed by atoms with E-state index in [1.807, 2.05) is 19.9 Å². The number of carbonyl (C=O) groups is 1. The number of nitrogens with zero attached hydrogens (tertiary/aromatic N) is 3. The first-order valence-corrected chi connectivity index (χ1v) is 10.9. The van der Waals surface area contributed by atoms with Gasteiger partial charge in [0.25, 0.3) is 0 Å². The number of aromatic nitrogens is 1. The minimum atomic E-state index is -0.308. The summed E-state index contributed by atoms with van der Waals surface area (Å²) in [6.45, 7) is 8.11. The molecule has 1 fully saturated rings. The second-order valence-electron chi connectivity index (χ2n) is 8.12. The fraction of sp³-hybridized carbons (Fsp3) is 0.308. The predicted octanol–water partition coefficient (Wildman–Crippen LogP) is 4.64. The van der Waals surface area contributed by atoms with Crippen molar-refractivity contribution in [2.75, 3.05) is 31.1 Å². The Morgan fingerprint density at radius 2 is 1.65 bits per heavy atom. The van der Waals surface area contributed by atoms with Crippen molar-refractivity contribution < 1.29 is 9.53 Å². The fourth-order valence-electron chi connectivity index (χ4n) is 4.00. The van der Waals surface area contributed by atoms with Gasteiger partial charge in [-0.25, -0.2) is 9.78 Å². The van der Waals surface area contributed by atoms with Gasteiger partial charge < -0.3 is 9.64 Å². The van der Waals surface area contributed by atoms with Gasteiger partial charge in [-0.2, -0.15) is 0 Å². The van der Waals surface area contributed by atoms with Crippen LogP contribution in [0.15, 0.2) is 72.9 Å². The van der Waals surface area contributed by atoms with Crippen molar-refractivity contribution in [2.24, 2.45) is 0 Å². The zero-order chi connectivity index (χ0) is 21.6. The highest BCUT2D eigenvalue weighted by molar-refractivity contribution is 5.94. The second kappa shape index (κ2) is 9.75. The van der Waals surface area contributed by atoms with Crippen LogP contribution in [-0.2, 0) is 11.3 Å². The summed E-state index contributed by atoms with van der Waals surface area (Å²) in [5.74, 6) is 0.412. The quantitative estimate of drug-likeness (QED) is 0.549. The van der Waals surface area contributed by atoms with E-state index in [4.69, 9.17) is 4.74 Å². The molecule has 2 aromatic carbocycles. The zero-order valence-electron chi connectivity index (χ0n) is 18.2. The highest BCUT2D eigenvalue weighted by Crippen LogP contribution is 2.26. The summed E-state index contributed by atoms with van der Waals surface area (Å²) < 4.78 is 5.41. The third-order valence-electron chi connectivity index (χ3n) is 5.52. The molecule has 0 radical (unpaired) electrons. The molecule has 1 aromatic heterocycles. The van der Waals surface area contributed by atoms with E-state index in [2.05, 4.69) is 63.3 Å². The van der Waals surface area contributed by atoms with Crippen molar-refractivity contribution in [3.8, 4) is 11.1 Å². The number of hydrogen-bond donors (Lipinski definition) is 0. The molecule has 2 heterocycles. The van der Waals surface area contributed by atoms with Crippen LogP contribution in [0.3, 0.4) is 0 Å². The predicted molar refractivity (Wildman–Crippen MR) is 124 cm³/mol. The van der Waals surface area contributed by atoms with Gasteiger partial charge in [-0.1, -0.05) is 54.6 Å². The monoisotopic (exact) mass is 415 g/mol. The lowest BCUT2D eigenvalue weighted by Crippen LogP contribution is -2.46. The van der Waals surface area contributed by atoms with Crippen LogP contribution < -0.4 is 4.90 Å². The Balaban J connectivity index is 1.44. The normalized spacial score (nSPS) is 14.6. The smallest absolute Gasteiger partial charge is 0.342 e. The van der Waals surface area contributed by atoms with Gasteiger partial charge in [0.05, 0.1) is 6.10 Å². The van der Waals surface area contributed by atoms with Gasteiger partial charge in [-0.3, -0.25) is 4.90 Å². The lowest BCUT2D eigenvalue weighted by atomic mass is 9.99. The van der Waals surface area contributed by atoms with E-state index in [0.717, 1.165) is 38.5 Å². The van der Waals surface area contributed by atoms with E-state index < -0.39 is 0 Å². The first kappa shape index (κ1) is 21.1. The van der Waals surface area contributed by atoms with E-state index >= 15 is 0 Å². The number of pyridine rings is 1. The number of anilines is 1. The van der Waals surface area contributed by atoms with E-state index in [0.29, 0.717) is 5.56 Å². The first-order valence-electron chi connectivity index (χ1n) is 10.9. The van der Waals surface area contributed by atoms with Gasteiger partial charge in [-0.05, 0) is 42.7 Å². The van der Waals surface area contributed by atoms with Gasteiger partial charge >= 0.3 is 5.97 Å². The van der Waals surface area contributed by atoms with Crippen molar-refractivity contribution in [3.63, 3.8) is 0 Å². The molecule has 3 aromatic rings. The number of carbonyl (C=O) groups excluding carboxylic acids is 1. The van der Waals surface area contributed by atoms with Crippen molar-refractivity contribution in [1.29, 1.82) is 0 Å². The number of hydrogen-bond acceptors (Lipinski definition) is 5. The molecule has 4 rings (SSSR count). The Kier molecular flexibility index (Phi) is 6.63. The summed E-state index contributed by atoms with van der Waals surface area (Å²) in [5, 5.41) is 0. The van der Waals surface area contributed by atoms with E-state index in [-0.39, 0.29) is 12.1 Å². The summed E-state index contributed by atoms with van der Waals surface area (Å²) >= 11 is 0. The van der Waals surface area contributed by atoms with Crippen LogP contribution in [0, 0.1) is 0 Å². The molecular weight excluding hydrogens is 386 g/mol. The maximum atomic E-state index is 12.5. The van der Waals surface area contributed by atoms with E-state index in [1.165, 1.54) is 16.7 Å². The standard InChI is InChI=1S/C26H29N3O2/c1-20(2)31-26(30)24-13-8-14-27-25(24)29-17-15-28(16-18-29)19-22-11-6-7-12-23(22)21-9-4-3-5-10-21/h3-14,20H,15-19H2,1-2H3. The molecule has 0 spiro atoms. The van der Waals surface area contributed by atoms with Crippen molar-refractivity contribution in [1.82, 2.24) is 9.88 Å². The highest BCUT2D eigenvalue weighted by Gasteiger charge is 2.24. The molecule has 1 aliphatic heterocycles. The average molecular weight is 416 g/mol. The molecule has 0 saturated carbocycles. The van der Waals surface area contributed by atoms with Crippen molar-refractivity contribution in [2.45, 2.75) is 26.5 Å². The molecule has 1 aliphatic rings. The van der Waals surface area contributed by atoms with E-state index in [9.17, 15) is 4.79 Å². The van der Waals surface area contributed by atoms with Crippen LogP contribution in [0.4, 0.5) is 5.82 Å². The SMILES string of the molecule is CC(C)OC(=O)c1cccnc1N1CCN(Cc2ccccc2-c2ccccc2)CC1. The van der Waals surface area contributed by atoms with Gasteiger partial charge in [-0.15, -0.1) is 0 Å². The molecule has 5 nitrogen and oxygen atoms in total. The number of rotatable bonds is 6. The molecule has 5 heteroatoms. The van der Waals surface area contributed by atoms with Gasteiger partial charge in [0.1, 0.15) is 11.4 Å². The van der Waals surface area contributed by atoms with Crippen LogP contribution in [0.25, 0.3) is 11.1 Å². The molecule has 1 saturated heterocycles. The third-order valence-corrected chi connectivity index (χ3v) is 5.52. The summed E-state index contributed by atoms with van der Waals surface area (Å²) in [6, 6.07) is 22.8. The summed E-state index contributed by atoms with van der Waals surface area (Å²) in [7, 11) is 0. The molecule has 0 atom stereocenters. The summed E-state index contributed by atoms with van der Waals surface area (Å²) in [4.78, 5) is 21.7. The minimum Gasteiger partial charge on any atom is -0.459 e. The zero-order valence-corrected chi connectivity index (χ0v) is 18.2. The minimum absolute atomic E-state index is 0.151. The molecule has 160 valence electrons. The maximum Gasteiger partial charge on any atom is 0.342 e. The highest BCUT2D eigenvalue weighted by atomic mass is 16.5. The van der Waals surface area contributed by atoms with Gasteiger partial charge in [0.2, 0.25) is 0 Å². The van der Waals surface area contributed by atoms with Crippen LogP contribution in [0.1, 0.15) is 29.8 Å². The van der Waals surface area contributed by atoms with E-state index in [1.54, 1.807) is 18.3 Å². The largest absolute Gasteiger partial charge is 0.459 e. The van der Waals surface area contributed by atoms with Crippen molar-refractivity contribution in [3.05, 3.63) is 84.1 Å². The Labute approximate surface area is 184 Å². The Bertz CT molecular complexity index is 1010. The van der Waals surface area contributed by atoms with Crippen LogP contribution in [-0.4, -0.2) is 48.1 Å². The Hall–Kier alpha value is -3.18. The molecule has 0 amide bonds. The lowest BCUT2D eigenvalue weighted by Gasteiger charge is -2.36. The van der Waals surface area contributed by atoms with Gasteiger partial charge in [0.15, 0.2) is 0 Å². The lowest BCUT2D eigenvalue weighted by molar-refractivity contribution is 0.0378. The van der Waals surface area contributed by atoms with Crippen LogP contribution in [0.5, 0.6) is 0 Å². The number of benzene rings is 2. The summed E-state index contributed by atoms with van der Waals surface area (Å²) in [5.41, 5.74) is 4.41. The average Bonchev–Trinajstić information content (AvgIpc) is 2.80. The molecule has 0 aliphatic carbocycles. The Morgan fingerprint density at radius 3 is 2.39 bits per heavy atom. The molecule has 0 N–H and O–H groups in total. The molecular formula is C26H29N3O2. The third kappa shape index (κ3) is 5.12. The topological polar surface area (TPSA) is 45.7 Å². The molecule has 0 bridgehead atoms. The summed E-state index contributed by atoms with van der Waals surface area (Å²) in [6.07, 6.45) is 1.59. The Morgan fingerprint density at radius 1 is 0.935 bits per heavy atom. The second-order valence-corrected chi connectivity index (χ2v) is 8.12. The number of ether oxygens (including phenoxy) is 1. The molecule has 31 heavy (non-hydrogen) atoms.